The molecule has 0 aliphatic carbocycles. The normalized spacial score (nSPS) is 11.1. The van der Waals surface area contributed by atoms with Gasteiger partial charge in [0.05, 0.1) is 17.2 Å². The SMILES string of the molecule is N#Cc1ccc(OCC(O)COc2ccc(C#N)c(F)c2)cc1. The van der Waals surface area contributed by atoms with Gasteiger partial charge in [-0.05, 0) is 36.4 Å². The van der Waals surface area contributed by atoms with Crippen molar-refractivity contribution in [3.8, 4) is 23.6 Å². The molecular weight excluding hydrogens is 299 g/mol. The standard InChI is InChI=1S/C17H13FN2O3/c18-17-7-16(6-3-13(17)9-20)23-11-14(21)10-22-15-4-1-12(8-19)2-5-15/h1-7,14,21H,10-11H2. The quantitative estimate of drug-likeness (QED) is 0.885. The molecule has 0 spiro atoms. The number of hydrogen-bond acceptors (Lipinski definition) is 5. The zero-order valence-corrected chi connectivity index (χ0v) is 12.1. The van der Waals surface area contributed by atoms with Crippen molar-refractivity contribution in [1.29, 1.82) is 10.5 Å². The second-order valence-corrected chi connectivity index (χ2v) is 4.67. The Morgan fingerprint density at radius 3 is 2.13 bits per heavy atom. The van der Waals surface area contributed by atoms with Crippen LogP contribution in [0.2, 0.25) is 0 Å². The van der Waals surface area contributed by atoms with E-state index in [-0.39, 0.29) is 24.5 Å². The van der Waals surface area contributed by atoms with Crippen LogP contribution in [0, 0.1) is 28.5 Å². The average molecular weight is 312 g/mol. The summed E-state index contributed by atoms with van der Waals surface area (Å²) in [5, 5.41) is 27.1. The van der Waals surface area contributed by atoms with Crippen molar-refractivity contribution in [1.82, 2.24) is 0 Å². The fourth-order valence-corrected chi connectivity index (χ4v) is 1.73. The molecule has 1 unspecified atom stereocenters. The predicted molar refractivity (Wildman–Crippen MR) is 79.3 cm³/mol. The summed E-state index contributed by atoms with van der Waals surface area (Å²) in [6, 6.07) is 14.0. The average Bonchev–Trinajstić information content (AvgIpc) is 2.58. The number of halogens is 1. The van der Waals surface area contributed by atoms with E-state index in [0.717, 1.165) is 6.07 Å². The molecule has 0 aliphatic heterocycles. The van der Waals surface area contributed by atoms with E-state index >= 15 is 0 Å². The molecule has 5 nitrogen and oxygen atoms in total. The Labute approximate surface area is 132 Å². The molecule has 0 saturated carbocycles. The van der Waals surface area contributed by atoms with Crippen LogP contribution in [0.4, 0.5) is 4.39 Å². The Balaban J connectivity index is 1.80. The van der Waals surface area contributed by atoms with Crippen LogP contribution in [-0.4, -0.2) is 24.4 Å². The third-order valence-electron chi connectivity index (χ3n) is 2.93. The highest BCUT2D eigenvalue weighted by atomic mass is 19.1. The van der Waals surface area contributed by atoms with Gasteiger partial charge >= 0.3 is 0 Å². The first-order chi connectivity index (χ1) is 11.1. The summed E-state index contributed by atoms with van der Waals surface area (Å²) >= 11 is 0. The van der Waals surface area contributed by atoms with Gasteiger partial charge in [0.1, 0.15) is 42.7 Å². The van der Waals surface area contributed by atoms with Gasteiger partial charge in [-0.15, -0.1) is 0 Å². The van der Waals surface area contributed by atoms with Crippen LogP contribution in [0.15, 0.2) is 42.5 Å². The zero-order chi connectivity index (χ0) is 16.7. The maximum atomic E-state index is 13.4. The lowest BCUT2D eigenvalue weighted by Gasteiger charge is -2.13. The number of aliphatic hydroxyl groups excluding tert-OH is 1. The van der Waals surface area contributed by atoms with Gasteiger partial charge < -0.3 is 14.6 Å². The van der Waals surface area contributed by atoms with Crippen molar-refractivity contribution in [2.45, 2.75) is 6.10 Å². The molecule has 1 atom stereocenters. The summed E-state index contributed by atoms with van der Waals surface area (Å²) in [7, 11) is 0. The van der Waals surface area contributed by atoms with Crippen LogP contribution in [0.25, 0.3) is 0 Å². The molecule has 1 N–H and O–H groups in total. The van der Waals surface area contributed by atoms with Crippen LogP contribution in [0.1, 0.15) is 11.1 Å². The van der Waals surface area contributed by atoms with Crippen molar-refractivity contribution in [3.63, 3.8) is 0 Å². The zero-order valence-electron chi connectivity index (χ0n) is 12.1. The molecule has 0 heterocycles. The molecular formula is C17H13FN2O3. The number of aliphatic hydroxyl groups is 1. The summed E-state index contributed by atoms with van der Waals surface area (Å²) in [4.78, 5) is 0. The molecule has 0 aliphatic rings. The maximum Gasteiger partial charge on any atom is 0.144 e. The van der Waals surface area contributed by atoms with E-state index in [1.807, 2.05) is 6.07 Å². The van der Waals surface area contributed by atoms with Crippen molar-refractivity contribution in [2.24, 2.45) is 0 Å². The van der Waals surface area contributed by atoms with Crippen LogP contribution in [0.5, 0.6) is 11.5 Å². The van der Waals surface area contributed by atoms with E-state index in [9.17, 15) is 9.50 Å². The summed E-state index contributed by atoms with van der Waals surface area (Å²) in [5.41, 5.74) is 0.450. The van der Waals surface area contributed by atoms with E-state index in [4.69, 9.17) is 20.0 Å². The largest absolute Gasteiger partial charge is 0.491 e. The highest BCUT2D eigenvalue weighted by Crippen LogP contribution is 2.16. The number of ether oxygens (including phenoxy) is 2. The van der Waals surface area contributed by atoms with Crippen molar-refractivity contribution in [3.05, 3.63) is 59.4 Å². The number of nitriles is 2. The van der Waals surface area contributed by atoms with Gasteiger partial charge in [0, 0.05) is 6.07 Å². The third-order valence-corrected chi connectivity index (χ3v) is 2.93. The first kappa shape index (κ1) is 16.3. The van der Waals surface area contributed by atoms with Gasteiger partial charge in [0.15, 0.2) is 0 Å². The third kappa shape index (κ3) is 4.70. The topological polar surface area (TPSA) is 86.3 Å². The first-order valence-corrected chi connectivity index (χ1v) is 6.76. The Morgan fingerprint density at radius 1 is 0.957 bits per heavy atom. The van der Waals surface area contributed by atoms with Gasteiger partial charge in [-0.25, -0.2) is 4.39 Å². The van der Waals surface area contributed by atoms with Crippen LogP contribution in [0.3, 0.4) is 0 Å². The minimum Gasteiger partial charge on any atom is -0.491 e. The van der Waals surface area contributed by atoms with Gasteiger partial charge in [-0.1, -0.05) is 0 Å². The Kier molecular flexibility index (Phi) is 5.51. The summed E-state index contributed by atoms with van der Waals surface area (Å²) in [5.74, 6) is 0.0692. The maximum absolute atomic E-state index is 13.4. The van der Waals surface area contributed by atoms with Crippen LogP contribution >= 0.6 is 0 Å². The highest BCUT2D eigenvalue weighted by Gasteiger charge is 2.09. The molecule has 0 amide bonds. The van der Waals surface area contributed by atoms with E-state index in [0.29, 0.717) is 11.3 Å². The van der Waals surface area contributed by atoms with Crippen LogP contribution < -0.4 is 9.47 Å². The van der Waals surface area contributed by atoms with Crippen molar-refractivity contribution in [2.75, 3.05) is 13.2 Å². The van der Waals surface area contributed by atoms with Gasteiger partial charge in [0.25, 0.3) is 0 Å². The molecule has 6 heteroatoms. The highest BCUT2D eigenvalue weighted by molar-refractivity contribution is 5.36. The second kappa shape index (κ2) is 7.79. The molecule has 0 saturated heterocycles. The summed E-state index contributed by atoms with van der Waals surface area (Å²) in [6.45, 7) is -0.0910. The van der Waals surface area contributed by atoms with Gasteiger partial charge in [-0.3, -0.25) is 0 Å². The van der Waals surface area contributed by atoms with E-state index in [1.54, 1.807) is 30.3 Å². The number of hydrogen-bond donors (Lipinski definition) is 1. The Bertz CT molecular complexity index is 748. The van der Waals surface area contributed by atoms with E-state index in [1.165, 1.54) is 12.1 Å². The molecule has 0 bridgehead atoms. The number of nitrogens with zero attached hydrogens (tertiary/aromatic N) is 2. The predicted octanol–water partition coefficient (Wildman–Crippen LogP) is 2.39. The molecule has 116 valence electrons. The summed E-state index contributed by atoms with van der Waals surface area (Å²) < 4.78 is 24.0. The fourth-order valence-electron chi connectivity index (χ4n) is 1.73. The van der Waals surface area contributed by atoms with Gasteiger partial charge in [-0.2, -0.15) is 10.5 Å². The van der Waals surface area contributed by atoms with Gasteiger partial charge in [0.2, 0.25) is 0 Å². The van der Waals surface area contributed by atoms with E-state index in [2.05, 4.69) is 0 Å². The lowest BCUT2D eigenvalue weighted by Crippen LogP contribution is -2.25. The lowest BCUT2D eigenvalue weighted by molar-refractivity contribution is 0.0625. The lowest BCUT2D eigenvalue weighted by atomic mass is 10.2. The minimum absolute atomic E-state index is 0.00926. The molecule has 2 aromatic rings. The van der Waals surface area contributed by atoms with E-state index < -0.39 is 11.9 Å². The molecule has 0 aromatic heterocycles. The molecule has 0 fully saturated rings. The molecule has 2 rings (SSSR count). The monoisotopic (exact) mass is 312 g/mol. The van der Waals surface area contributed by atoms with Crippen molar-refractivity contribution < 1.29 is 19.0 Å². The van der Waals surface area contributed by atoms with Crippen molar-refractivity contribution >= 4 is 0 Å². The number of benzene rings is 2. The Hall–Kier alpha value is -3.09. The molecule has 0 radical (unpaired) electrons. The first-order valence-electron chi connectivity index (χ1n) is 6.76. The summed E-state index contributed by atoms with van der Waals surface area (Å²) in [6.07, 6.45) is -0.913. The fraction of sp³-hybridized carbons (Fsp3) is 0.176. The smallest absolute Gasteiger partial charge is 0.144 e. The van der Waals surface area contributed by atoms with Crippen LogP contribution in [-0.2, 0) is 0 Å². The molecule has 23 heavy (non-hydrogen) atoms. The second-order valence-electron chi connectivity index (χ2n) is 4.67. The Morgan fingerprint density at radius 2 is 1.57 bits per heavy atom. The minimum atomic E-state index is -0.913. The molecule has 2 aromatic carbocycles. The number of rotatable bonds is 6.